The van der Waals surface area contributed by atoms with E-state index in [2.05, 4.69) is 20.6 Å². The number of rotatable bonds is 5. The normalized spacial score (nSPS) is 17.0. The van der Waals surface area contributed by atoms with E-state index < -0.39 is 24.4 Å². The van der Waals surface area contributed by atoms with E-state index in [-0.39, 0.29) is 18.7 Å². The number of aromatic nitrogens is 6. The number of halogens is 3. The Morgan fingerprint density at radius 3 is 2.61 bits per heavy atom. The fourth-order valence-electron chi connectivity index (χ4n) is 5.76. The first-order chi connectivity index (χ1) is 19.5. The second-order valence-electron chi connectivity index (χ2n) is 10.4. The first kappa shape index (κ1) is 26.7. The molecule has 1 saturated heterocycles. The molecule has 6 rings (SSSR count). The van der Waals surface area contributed by atoms with Crippen molar-refractivity contribution < 1.29 is 23.1 Å². The molecular formula is C28H27F3N8O2. The number of fused-ring (bicyclic) bond motifs is 2. The summed E-state index contributed by atoms with van der Waals surface area (Å²) >= 11 is 0. The molecular weight excluding hydrogens is 537 g/mol. The fraction of sp³-hybridized carbons (Fsp3) is 0.321. The number of carbonyl (C=O) groups is 1. The highest BCUT2D eigenvalue weighted by Crippen LogP contribution is 2.40. The summed E-state index contributed by atoms with van der Waals surface area (Å²) in [6, 6.07) is 10.1. The third-order valence-electron chi connectivity index (χ3n) is 7.59. The van der Waals surface area contributed by atoms with Crippen LogP contribution in [0.25, 0.3) is 39.3 Å². The number of likely N-dealkylation sites (tertiary alicyclic amines) is 1. The quantitative estimate of drug-likeness (QED) is 0.312. The largest absolute Gasteiger partial charge is 0.465 e. The number of carboxylic acid groups (broad SMARTS) is 1. The van der Waals surface area contributed by atoms with Crippen molar-refractivity contribution in [3.05, 3.63) is 65.5 Å². The molecule has 2 N–H and O–H groups in total. The monoisotopic (exact) mass is 564 g/mol. The van der Waals surface area contributed by atoms with Gasteiger partial charge in [-0.05, 0) is 49.6 Å². The highest BCUT2D eigenvalue weighted by atomic mass is 19.4. The molecule has 5 aromatic rings. The Labute approximate surface area is 232 Å². The third-order valence-corrected chi connectivity index (χ3v) is 7.59. The summed E-state index contributed by atoms with van der Waals surface area (Å²) in [4.78, 5) is 17.2. The van der Waals surface area contributed by atoms with Gasteiger partial charge in [0.15, 0.2) is 11.5 Å². The minimum atomic E-state index is -4.58. The molecule has 41 heavy (non-hydrogen) atoms. The van der Waals surface area contributed by atoms with Crippen LogP contribution in [-0.4, -0.2) is 70.8 Å². The number of nitrogens with one attached hydrogen (secondary N) is 1. The number of amides is 1. The van der Waals surface area contributed by atoms with Gasteiger partial charge in [0.2, 0.25) is 0 Å². The lowest BCUT2D eigenvalue weighted by molar-refractivity contribution is -0.184. The first-order valence-corrected chi connectivity index (χ1v) is 13.1. The maximum atomic E-state index is 14.4. The number of hydrogen-bond donors (Lipinski definition) is 2. The van der Waals surface area contributed by atoms with Crippen LogP contribution in [0.15, 0.2) is 48.7 Å². The SMILES string of the molecule is Cc1cc(-c2ccc3ccc(-c4nnc5ccc([C@@H](N6CC[C@H](NC(=O)O)C6)C(F)(F)F)cn45)nc3c2C)n(C)n1. The molecule has 0 radical (unpaired) electrons. The second-order valence-corrected chi connectivity index (χ2v) is 10.4. The molecule has 13 heteroatoms. The summed E-state index contributed by atoms with van der Waals surface area (Å²) < 4.78 is 46.5. The molecule has 1 fully saturated rings. The van der Waals surface area contributed by atoms with Crippen LogP contribution in [0.5, 0.6) is 0 Å². The van der Waals surface area contributed by atoms with E-state index in [1.54, 1.807) is 6.07 Å². The lowest BCUT2D eigenvalue weighted by Crippen LogP contribution is -2.40. The van der Waals surface area contributed by atoms with Crippen molar-refractivity contribution in [2.45, 2.75) is 38.5 Å². The summed E-state index contributed by atoms with van der Waals surface area (Å²) in [6.45, 7) is 3.96. The molecule has 1 aliphatic heterocycles. The van der Waals surface area contributed by atoms with E-state index in [0.717, 1.165) is 33.4 Å². The average Bonchev–Trinajstić information content (AvgIpc) is 3.61. The maximum absolute atomic E-state index is 14.4. The number of alkyl halides is 3. The molecule has 10 nitrogen and oxygen atoms in total. The number of benzene rings is 1. The van der Waals surface area contributed by atoms with Crippen molar-refractivity contribution in [3.63, 3.8) is 0 Å². The van der Waals surface area contributed by atoms with E-state index in [1.165, 1.54) is 27.6 Å². The van der Waals surface area contributed by atoms with Gasteiger partial charge in [0.05, 0.1) is 16.9 Å². The molecule has 0 saturated carbocycles. The van der Waals surface area contributed by atoms with Gasteiger partial charge in [0.25, 0.3) is 0 Å². The van der Waals surface area contributed by atoms with E-state index in [4.69, 9.17) is 10.1 Å². The van der Waals surface area contributed by atoms with Gasteiger partial charge in [-0.1, -0.05) is 24.3 Å². The second kappa shape index (κ2) is 9.84. The zero-order valence-corrected chi connectivity index (χ0v) is 22.5. The molecule has 0 spiro atoms. The minimum absolute atomic E-state index is 0.00728. The van der Waals surface area contributed by atoms with Crippen LogP contribution in [0.1, 0.15) is 29.3 Å². The Hall–Kier alpha value is -4.52. The van der Waals surface area contributed by atoms with E-state index >= 15 is 0 Å². The van der Waals surface area contributed by atoms with Crippen LogP contribution in [0.3, 0.4) is 0 Å². The number of pyridine rings is 2. The lowest BCUT2D eigenvalue weighted by atomic mass is 10.0. The topological polar surface area (TPSA) is 113 Å². The standard InChI is InChI=1S/C28H27F3N8O2/c1-15-12-22(37(3)36-15)20-7-4-17-5-8-21(33-24(17)16(20)2)26-35-34-23-9-6-18(13-39(23)26)25(28(29,30)31)38-11-10-19(14-38)32-27(40)41/h4-9,12-13,19,25,32H,10-11,14H2,1-3H3,(H,40,41)/t19-,25+/m0/s1. The Morgan fingerprint density at radius 1 is 1.12 bits per heavy atom. The lowest BCUT2D eigenvalue weighted by Gasteiger charge is -2.30. The van der Waals surface area contributed by atoms with Gasteiger partial charge in [0, 0.05) is 43.3 Å². The minimum Gasteiger partial charge on any atom is -0.465 e. The molecule has 1 aliphatic rings. The molecule has 1 aromatic carbocycles. The highest BCUT2D eigenvalue weighted by Gasteiger charge is 2.47. The van der Waals surface area contributed by atoms with Crippen LogP contribution < -0.4 is 5.32 Å². The van der Waals surface area contributed by atoms with Gasteiger partial charge in [-0.3, -0.25) is 14.0 Å². The number of hydrogen-bond acceptors (Lipinski definition) is 6. The summed E-state index contributed by atoms with van der Waals surface area (Å²) in [5, 5.41) is 25.1. The first-order valence-electron chi connectivity index (χ1n) is 13.1. The molecule has 0 bridgehead atoms. The van der Waals surface area contributed by atoms with Crippen LogP contribution in [0, 0.1) is 13.8 Å². The van der Waals surface area contributed by atoms with Crippen LogP contribution in [-0.2, 0) is 7.05 Å². The summed E-state index contributed by atoms with van der Waals surface area (Å²) in [5.41, 5.74) is 5.38. The smallest absolute Gasteiger partial charge is 0.408 e. The fourth-order valence-corrected chi connectivity index (χ4v) is 5.76. The van der Waals surface area contributed by atoms with E-state index in [0.29, 0.717) is 23.6 Å². The van der Waals surface area contributed by atoms with Gasteiger partial charge in [-0.15, -0.1) is 10.2 Å². The molecule has 1 amide bonds. The van der Waals surface area contributed by atoms with E-state index in [1.807, 2.05) is 49.8 Å². The van der Waals surface area contributed by atoms with Gasteiger partial charge < -0.3 is 10.4 Å². The van der Waals surface area contributed by atoms with Gasteiger partial charge >= 0.3 is 12.3 Å². The van der Waals surface area contributed by atoms with Crippen molar-refractivity contribution in [1.82, 2.24) is 39.6 Å². The molecule has 0 aliphatic carbocycles. The maximum Gasteiger partial charge on any atom is 0.408 e. The highest BCUT2D eigenvalue weighted by molar-refractivity contribution is 5.89. The van der Waals surface area contributed by atoms with Gasteiger partial charge in [0.1, 0.15) is 11.7 Å². The van der Waals surface area contributed by atoms with Crippen LogP contribution in [0.4, 0.5) is 18.0 Å². The predicted molar refractivity (Wildman–Crippen MR) is 145 cm³/mol. The van der Waals surface area contributed by atoms with Crippen LogP contribution in [0.2, 0.25) is 0 Å². The zero-order valence-electron chi connectivity index (χ0n) is 22.5. The van der Waals surface area contributed by atoms with Crippen molar-refractivity contribution in [2.24, 2.45) is 7.05 Å². The predicted octanol–water partition coefficient (Wildman–Crippen LogP) is 4.91. The zero-order chi connectivity index (χ0) is 29.1. The summed E-state index contributed by atoms with van der Waals surface area (Å²) in [7, 11) is 1.88. The van der Waals surface area contributed by atoms with Gasteiger partial charge in [-0.2, -0.15) is 18.3 Å². The molecule has 2 atom stereocenters. The number of aryl methyl sites for hydroxylation is 3. The van der Waals surface area contributed by atoms with Crippen molar-refractivity contribution in [2.75, 3.05) is 13.1 Å². The molecule has 0 unspecified atom stereocenters. The third kappa shape index (κ3) is 4.86. The van der Waals surface area contributed by atoms with Gasteiger partial charge in [-0.25, -0.2) is 9.78 Å². The molecule has 4 aromatic heterocycles. The summed E-state index contributed by atoms with van der Waals surface area (Å²) in [6.07, 6.45) is -4.15. The number of nitrogens with zero attached hydrogens (tertiary/aromatic N) is 7. The van der Waals surface area contributed by atoms with Crippen molar-refractivity contribution >= 4 is 22.6 Å². The Bertz CT molecular complexity index is 1790. The molecule has 212 valence electrons. The summed E-state index contributed by atoms with van der Waals surface area (Å²) in [5.74, 6) is 0.317. The van der Waals surface area contributed by atoms with E-state index in [9.17, 15) is 18.0 Å². The Balaban J connectivity index is 1.41. The molecule has 5 heterocycles. The van der Waals surface area contributed by atoms with Crippen LogP contribution >= 0.6 is 0 Å². The van der Waals surface area contributed by atoms with Crippen molar-refractivity contribution in [1.29, 1.82) is 0 Å². The Morgan fingerprint density at radius 2 is 1.90 bits per heavy atom. The Kier molecular flexibility index (Phi) is 6.40. The average molecular weight is 565 g/mol. The van der Waals surface area contributed by atoms with Crippen molar-refractivity contribution in [3.8, 4) is 22.8 Å².